The Hall–Kier alpha value is -2.44. The average Bonchev–Trinajstić information content (AvgIpc) is 2.63. The van der Waals surface area contributed by atoms with Gasteiger partial charge in [0.05, 0.1) is 19.8 Å². The Kier molecular flexibility index (Phi) is 5.40. The molecule has 3 rings (SSSR count). The van der Waals surface area contributed by atoms with E-state index in [9.17, 15) is 9.59 Å². The lowest BCUT2D eigenvalue weighted by molar-refractivity contribution is -0.126. The molecule has 1 aliphatic rings. The van der Waals surface area contributed by atoms with Gasteiger partial charge in [-0.25, -0.2) is 0 Å². The SMILES string of the molecule is O=C(NCc1ccc(Cn2ccccc2=O)cc1)C1COCCN1. The topological polar surface area (TPSA) is 72.4 Å². The Morgan fingerprint density at radius 3 is 2.71 bits per heavy atom. The molecule has 0 aliphatic carbocycles. The molecule has 1 unspecified atom stereocenters. The quantitative estimate of drug-likeness (QED) is 0.839. The molecule has 2 N–H and O–H groups in total. The molecule has 0 saturated carbocycles. The van der Waals surface area contributed by atoms with Gasteiger partial charge in [-0.2, -0.15) is 0 Å². The van der Waals surface area contributed by atoms with Crippen molar-refractivity contribution >= 4 is 5.91 Å². The van der Waals surface area contributed by atoms with Crippen molar-refractivity contribution in [3.05, 3.63) is 70.1 Å². The van der Waals surface area contributed by atoms with E-state index in [0.717, 1.165) is 11.1 Å². The number of amides is 1. The number of rotatable bonds is 5. The molecule has 0 spiro atoms. The van der Waals surface area contributed by atoms with E-state index in [1.54, 1.807) is 22.9 Å². The van der Waals surface area contributed by atoms with Crippen LogP contribution in [0, 0.1) is 0 Å². The molecule has 0 radical (unpaired) electrons. The zero-order valence-electron chi connectivity index (χ0n) is 13.4. The number of aromatic nitrogens is 1. The fourth-order valence-corrected chi connectivity index (χ4v) is 2.60. The summed E-state index contributed by atoms with van der Waals surface area (Å²) in [4.78, 5) is 23.7. The lowest BCUT2D eigenvalue weighted by atomic mass is 10.1. The van der Waals surface area contributed by atoms with Crippen LogP contribution in [0.2, 0.25) is 0 Å². The summed E-state index contributed by atoms with van der Waals surface area (Å²) < 4.78 is 6.94. The molecule has 0 bridgehead atoms. The van der Waals surface area contributed by atoms with Crippen LogP contribution < -0.4 is 16.2 Å². The summed E-state index contributed by atoms with van der Waals surface area (Å²) in [5.74, 6) is -0.0467. The molecule has 1 atom stereocenters. The number of nitrogens with zero attached hydrogens (tertiary/aromatic N) is 1. The first-order chi connectivity index (χ1) is 11.7. The van der Waals surface area contributed by atoms with Crippen molar-refractivity contribution in [1.29, 1.82) is 0 Å². The van der Waals surface area contributed by atoms with E-state index in [1.165, 1.54) is 0 Å². The minimum absolute atomic E-state index is 0.0176. The van der Waals surface area contributed by atoms with E-state index < -0.39 is 0 Å². The summed E-state index contributed by atoms with van der Waals surface area (Å²) in [6.45, 7) is 2.77. The smallest absolute Gasteiger partial charge is 0.250 e. The van der Waals surface area contributed by atoms with Gasteiger partial charge >= 0.3 is 0 Å². The first-order valence-corrected chi connectivity index (χ1v) is 8.04. The standard InChI is InChI=1S/C18H21N3O3/c22-17-3-1-2-9-21(17)12-15-6-4-14(5-7-15)11-20-18(23)16-13-24-10-8-19-16/h1-7,9,16,19H,8,10-13H2,(H,20,23). The fourth-order valence-electron chi connectivity index (χ4n) is 2.60. The second-order valence-electron chi connectivity index (χ2n) is 5.78. The Morgan fingerprint density at radius 1 is 1.21 bits per heavy atom. The van der Waals surface area contributed by atoms with Crippen molar-refractivity contribution in [2.75, 3.05) is 19.8 Å². The summed E-state index contributed by atoms with van der Waals surface area (Å²) in [7, 11) is 0. The molecule has 126 valence electrons. The Labute approximate surface area is 140 Å². The zero-order chi connectivity index (χ0) is 16.8. The number of hydrogen-bond donors (Lipinski definition) is 2. The molecule has 1 aromatic carbocycles. The first kappa shape index (κ1) is 16.4. The number of hydrogen-bond acceptors (Lipinski definition) is 4. The Morgan fingerprint density at radius 2 is 2.00 bits per heavy atom. The van der Waals surface area contributed by atoms with Crippen LogP contribution >= 0.6 is 0 Å². The lowest BCUT2D eigenvalue weighted by Gasteiger charge is -2.22. The van der Waals surface area contributed by atoms with Gasteiger partial charge in [0.2, 0.25) is 5.91 Å². The molecule has 24 heavy (non-hydrogen) atoms. The van der Waals surface area contributed by atoms with Crippen molar-refractivity contribution < 1.29 is 9.53 Å². The molecule has 2 heterocycles. The summed E-state index contributed by atoms with van der Waals surface area (Å²) in [5.41, 5.74) is 2.04. The number of carbonyl (C=O) groups is 1. The molecule has 2 aromatic rings. The van der Waals surface area contributed by atoms with E-state index in [-0.39, 0.29) is 17.5 Å². The third-order valence-electron chi connectivity index (χ3n) is 3.98. The second-order valence-corrected chi connectivity index (χ2v) is 5.78. The highest BCUT2D eigenvalue weighted by atomic mass is 16.5. The summed E-state index contributed by atoms with van der Waals surface area (Å²) >= 11 is 0. The van der Waals surface area contributed by atoms with E-state index in [4.69, 9.17) is 4.74 Å². The van der Waals surface area contributed by atoms with Gasteiger partial charge < -0.3 is 19.9 Å². The van der Waals surface area contributed by atoms with Crippen LogP contribution in [0.3, 0.4) is 0 Å². The Bertz CT molecular complexity index is 734. The highest BCUT2D eigenvalue weighted by Crippen LogP contribution is 2.06. The minimum Gasteiger partial charge on any atom is -0.378 e. The molecule has 1 fully saturated rings. The maximum absolute atomic E-state index is 12.0. The van der Waals surface area contributed by atoms with Crippen molar-refractivity contribution in [2.45, 2.75) is 19.1 Å². The van der Waals surface area contributed by atoms with Crippen LogP contribution in [0.25, 0.3) is 0 Å². The van der Waals surface area contributed by atoms with Crippen LogP contribution in [0.1, 0.15) is 11.1 Å². The largest absolute Gasteiger partial charge is 0.378 e. The number of pyridine rings is 1. The number of carbonyl (C=O) groups excluding carboxylic acids is 1. The summed E-state index contributed by atoms with van der Waals surface area (Å²) in [6, 6.07) is 12.7. The van der Waals surface area contributed by atoms with E-state index in [2.05, 4.69) is 10.6 Å². The summed E-state index contributed by atoms with van der Waals surface area (Å²) in [5, 5.41) is 6.04. The Balaban J connectivity index is 1.54. The maximum atomic E-state index is 12.0. The van der Waals surface area contributed by atoms with E-state index in [1.807, 2.05) is 30.3 Å². The van der Waals surface area contributed by atoms with Crippen molar-refractivity contribution in [2.24, 2.45) is 0 Å². The number of ether oxygens (including phenoxy) is 1. The second kappa shape index (κ2) is 7.90. The van der Waals surface area contributed by atoms with Crippen molar-refractivity contribution in [3.8, 4) is 0 Å². The van der Waals surface area contributed by atoms with E-state index in [0.29, 0.717) is 32.8 Å². The molecule has 1 aliphatic heterocycles. The molecular weight excluding hydrogens is 306 g/mol. The third-order valence-corrected chi connectivity index (χ3v) is 3.98. The van der Waals surface area contributed by atoms with Crippen LogP contribution in [0.5, 0.6) is 0 Å². The van der Waals surface area contributed by atoms with Gasteiger partial charge in [0.25, 0.3) is 5.56 Å². The van der Waals surface area contributed by atoms with Crippen LogP contribution in [-0.2, 0) is 22.6 Å². The summed E-state index contributed by atoms with van der Waals surface area (Å²) in [6.07, 6.45) is 1.77. The first-order valence-electron chi connectivity index (χ1n) is 8.04. The molecule has 6 nitrogen and oxygen atoms in total. The molecule has 1 aromatic heterocycles. The van der Waals surface area contributed by atoms with Gasteiger partial charge in [-0.1, -0.05) is 30.3 Å². The predicted octanol–water partition coefficient (Wildman–Crippen LogP) is 0.501. The van der Waals surface area contributed by atoms with Crippen LogP contribution in [-0.4, -0.2) is 36.3 Å². The van der Waals surface area contributed by atoms with Gasteiger partial charge in [-0.15, -0.1) is 0 Å². The number of morpholine rings is 1. The van der Waals surface area contributed by atoms with Crippen molar-refractivity contribution in [1.82, 2.24) is 15.2 Å². The van der Waals surface area contributed by atoms with Gasteiger partial charge in [-0.3, -0.25) is 9.59 Å². The van der Waals surface area contributed by atoms with Crippen LogP contribution in [0.15, 0.2) is 53.5 Å². The van der Waals surface area contributed by atoms with E-state index >= 15 is 0 Å². The van der Waals surface area contributed by atoms with Gasteiger partial charge in [0.1, 0.15) is 6.04 Å². The average molecular weight is 327 g/mol. The van der Waals surface area contributed by atoms with Gasteiger partial charge in [0, 0.05) is 25.4 Å². The predicted molar refractivity (Wildman–Crippen MR) is 90.7 cm³/mol. The normalized spacial score (nSPS) is 17.4. The van der Waals surface area contributed by atoms with Crippen LogP contribution in [0.4, 0.5) is 0 Å². The minimum atomic E-state index is -0.275. The molecule has 1 saturated heterocycles. The fraction of sp³-hybridized carbons (Fsp3) is 0.333. The lowest BCUT2D eigenvalue weighted by Crippen LogP contribution is -2.51. The highest BCUT2D eigenvalue weighted by Gasteiger charge is 2.20. The molecule has 1 amide bonds. The van der Waals surface area contributed by atoms with Crippen molar-refractivity contribution in [3.63, 3.8) is 0 Å². The third kappa shape index (κ3) is 4.31. The maximum Gasteiger partial charge on any atom is 0.250 e. The molecule has 6 heteroatoms. The molecular formula is C18H21N3O3. The van der Waals surface area contributed by atoms with Gasteiger partial charge in [0.15, 0.2) is 0 Å². The van der Waals surface area contributed by atoms with Gasteiger partial charge in [-0.05, 0) is 17.2 Å². The zero-order valence-corrected chi connectivity index (χ0v) is 13.4. The number of nitrogens with one attached hydrogen (secondary N) is 2. The number of benzene rings is 1. The monoisotopic (exact) mass is 327 g/mol. The highest BCUT2D eigenvalue weighted by molar-refractivity contribution is 5.81.